The molecule has 0 radical (unpaired) electrons. The molecule has 1 heterocycles. The van der Waals surface area contributed by atoms with Crippen molar-refractivity contribution < 1.29 is 14.0 Å². The lowest BCUT2D eigenvalue weighted by atomic mass is 10.3. The molecule has 0 aliphatic rings. The highest BCUT2D eigenvalue weighted by atomic mass is 19.1. The van der Waals surface area contributed by atoms with E-state index in [9.17, 15) is 9.18 Å². The average molecular weight is 259 g/mol. The minimum absolute atomic E-state index is 0.0316. The summed E-state index contributed by atoms with van der Waals surface area (Å²) in [6, 6.07) is 9.23. The molecule has 96 valence electrons. The number of oxime groups is 1. The first-order valence-corrected chi connectivity index (χ1v) is 5.41. The molecule has 0 aliphatic heterocycles. The standard InChI is InChI=1S/C13H10FN3O2/c14-11-5-1-2-6-12(11)17-13(18)19-16-9-10-4-3-7-15-8-10/h1-9H,(H,17,18)/b16-9+. The number of aromatic nitrogens is 1. The highest BCUT2D eigenvalue weighted by Crippen LogP contribution is 2.12. The van der Waals surface area contributed by atoms with Crippen LogP contribution in [0.4, 0.5) is 14.9 Å². The third kappa shape index (κ3) is 3.88. The van der Waals surface area contributed by atoms with Crippen LogP contribution in [-0.2, 0) is 4.84 Å². The zero-order valence-electron chi connectivity index (χ0n) is 9.79. The molecule has 0 aliphatic carbocycles. The van der Waals surface area contributed by atoms with Crippen molar-refractivity contribution in [2.24, 2.45) is 5.16 Å². The molecular formula is C13H10FN3O2. The monoisotopic (exact) mass is 259 g/mol. The van der Waals surface area contributed by atoms with Gasteiger partial charge < -0.3 is 0 Å². The Balaban J connectivity index is 1.89. The third-order valence-corrected chi connectivity index (χ3v) is 2.13. The van der Waals surface area contributed by atoms with E-state index in [1.807, 2.05) is 0 Å². The van der Waals surface area contributed by atoms with Crippen LogP contribution >= 0.6 is 0 Å². The first-order valence-electron chi connectivity index (χ1n) is 5.41. The van der Waals surface area contributed by atoms with Gasteiger partial charge in [0.1, 0.15) is 5.82 Å². The highest BCUT2D eigenvalue weighted by molar-refractivity contribution is 5.85. The smallest absolute Gasteiger partial charge is 0.298 e. The van der Waals surface area contributed by atoms with E-state index in [4.69, 9.17) is 0 Å². The van der Waals surface area contributed by atoms with Crippen LogP contribution in [0.25, 0.3) is 0 Å². The van der Waals surface area contributed by atoms with Gasteiger partial charge in [-0.3, -0.25) is 15.1 Å². The van der Waals surface area contributed by atoms with Crippen LogP contribution in [0.2, 0.25) is 0 Å². The Kier molecular flexibility index (Phi) is 4.17. The minimum atomic E-state index is -0.870. The normalized spacial score (nSPS) is 10.4. The number of amides is 1. The molecule has 0 saturated carbocycles. The number of nitrogens with zero attached hydrogens (tertiary/aromatic N) is 2. The molecule has 1 amide bonds. The first-order chi connectivity index (χ1) is 9.25. The largest absolute Gasteiger partial charge is 0.437 e. The first kappa shape index (κ1) is 12.7. The van der Waals surface area contributed by atoms with Crippen molar-refractivity contribution in [1.82, 2.24) is 4.98 Å². The average Bonchev–Trinajstić information content (AvgIpc) is 2.43. The van der Waals surface area contributed by atoms with Gasteiger partial charge in [0, 0.05) is 18.0 Å². The SMILES string of the molecule is O=C(Nc1ccccc1F)O/N=C/c1cccnc1. The van der Waals surface area contributed by atoms with Crippen LogP contribution in [0, 0.1) is 5.82 Å². The predicted octanol–water partition coefficient (Wildman–Crippen LogP) is 2.80. The lowest BCUT2D eigenvalue weighted by Crippen LogP contribution is -2.11. The van der Waals surface area contributed by atoms with Crippen LogP contribution in [0.3, 0.4) is 0 Å². The van der Waals surface area contributed by atoms with Gasteiger partial charge in [0.15, 0.2) is 0 Å². The van der Waals surface area contributed by atoms with Crippen molar-refractivity contribution in [3.8, 4) is 0 Å². The summed E-state index contributed by atoms with van der Waals surface area (Å²) in [5.74, 6) is -0.546. The summed E-state index contributed by atoms with van der Waals surface area (Å²) in [5, 5.41) is 5.70. The van der Waals surface area contributed by atoms with Crippen molar-refractivity contribution in [3.63, 3.8) is 0 Å². The summed E-state index contributed by atoms with van der Waals surface area (Å²) in [4.78, 5) is 19.7. The molecule has 0 atom stereocenters. The Hall–Kier alpha value is -2.76. The number of rotatable bonds is 3. The molecule has 19 heavy (non-hydrogen) atoms. The second-order valence-corrected chi connectivity index (χ2v) is 3.50. The Morgan fingerprint density at radius 3 is 2.89 bits per heavy atom. The molecule has 2 rings (SSSR count). The molecule has 5 nitrogen and oxygen atoms in total. The number of halogens is 1. The van der Waals surface area contributed by atoms with Crippen LogP contribution < -0.4 is 5.32 Å². The Labute approximate surface area is 108 Å². The maximum Gasteiger partial charge on any atom is 0.437 e. The van der Waals surface area contributed by atoms with Gasteiger partial charge in [-0.2, -0.15) is 0 Å². The van der Waals surface area contributed by atoms with E-state index < -0.39 is 11.9 Å². The number of pyridine rings is 1. The van der Waals surface area contributed by atoms with E-state index in [1.165, 1.54) is 24.4 Å². The quantitative estimate of drug-likeness (QED) is 0.523. The fraction of sp³-hybridized carbons (Fsp3) is 0. The molecule has 0 unspecified atom stereocenters. The summed E-state index contributed by atoms with van der Waals surface area (Å²) in [6.45, 7) is 0. The zero-order valence-corrected chi connectivity index (χ0v) is 9.79. The zero-order chi connectivity index (χ0) is 13.5. The number of carbonyl (C=O) groups is 1. The summed E-state index contributed by atoms with van der Waals surface area (Å²) in [7, 11) is 0. The topological polar surface area (TPSA) is 63.6 Å². The van der Waals surface area contributed by atoms with Gasteiger partial charge in [0.05, 0.1) is 11.9 Å². The second-order valence-electron chi connectivity index (χ2n) is 3.50. The second kappa shape index (κ2) is 6.25. The van der Waals surface area contributed by atoms with Crippen molar-refractivity contribution in [1.29, 1.82) is 0 Å². The number of nitrogens with one attached hydrogen (secondary N) is 1. The summed E-state index contributed by atoms with van der Waals surface area (Å²) < 4.78 is 13.2. The third-order valence-electron chi connectivity index (χ3n) is 2.13. The number of hydrogen-bond donors (Lipinski definition) is 1. The van der Waals surface area contributed by atoms with Crippen LogP contribution in [0.15, 0.2) is 53.9 Å². The molecular weight excluding hydrogens is 249 g/mol. The molecule has 0 fully saturated rings. The van der Waals surface area contributed by atoms with Gasteiger partial charge in [0.2, 0.25) is 0 Å². The number of para-hydroxylation sites is 1. The fourth-order valence-electron chi connectivity index (χ4n) is 1.28. The lowest BCUT2D eigenvalue weighted by Gasteiger charge is -2.02. The van der Waals surface area contributed by atoms with Gasteiger partial charge >= 0.3 is 6.09 Å². The van der Waals surface area contributed by atoms with Crippen molar-refractivity contribution in [2.45, 2.75) is 0 Å². The number of carbonyl (C=O) groups excluding carboxylic acids is 1. The Morgan fingerprint density at radius 2 is 2.16 bits per heavy atom. The van der Waals surface area contributed by atoms with Crippen molar-refractivity contribution in [3.05, 3.63) is 60.2 Å². The minimum Gasteiger partial charge on any atom is -0.298 e. The van der Waals surface area contributed by atoms with Gasteiger partial charge in [-0.1, -0.05) is 23.4 Å². The van der Waals surface area contributed by atoms with E-state index in [-0.39, 0.29) is 5.69 Å². The van der Waals surface area contributed by atoms with E-state index in [0.717, 1.165) is 0 Å². The molecule has 6 heteroatoms. The number of benzene rings is 1. The predicted molar refractivity (Wildman–Crippen MR) is 68.3 cm³/mol. The van der Waals surface area contributed by atoms with E-state index in [1.54, 1.807) is 30.6 Å². The highest BCUT2D eigenvalue weighted by Gasteiger charge is 2.06. The molecule has 2 aromatic rings. The van der Waals surface area contributed by atoms with E-state index in [0.29, 0.717) is 5.56 Å². The molecule has 0 bridgehead atoms. The molecule has 0 saturated heterocycles. The van der Waals surface area contributed by atoms with Crippen LogP contribution in [-0.4, -0.2) is 17.3 Å². The lowest BCUT2D eigenvalue weighted by molar-refractivity contribution is 0.167. The molecule has 1 aromatic carbocycles. The van der Waals surface area contributed by atoms with Gasteiger partial charge in [-0.25, -0.2) is 9.18 Å². The summed E-state index contributed by atoms with van der Waals surface area (Å²) >= 11 is 0. The van der Waals surface area contributed by atoms with Crippen molar-refractivity contribution in [2.75, 3.05) is 5.32 Å². The molecule has 1 N–H and O–H groups in total. The maximum absolute atomic E-state index is 13.2. The van der Waals surface area contributed by atoms with E-state index in [2.05, 4.69) is 20.3 Å². The van der Waals surface area contributed by atoms with Gasteiger partial charge in [-0.05, 0) is 18.2 Å². The van der Waals surface area contributed by atoms with Crippen molar-refractivity contribution >= 4 is 18.0 Å². The fourth-order valence-corrected chi connectivity index (χ4v) is 1.28. The summed E-state index contributed by atoms with van der Waals surface area (Å²) in [6.07, 6.45) is 3.63. The Morgan fingerprint density at radius 1 is 1.32 bits per heavy atom. The Bertz CT molecular complexity index is 587. The molecule has 0 spiro atoms. The van der Waals surface area contributed by atoms with Gasteiger partial charge in [-0.15, -0.1) is 0 Å². The number of anilines is 1. The molecule has 1 aromatic heterocycles. The van der Waals surface area contributed by atoms with Crippen LogP contribution in [0.5, 0.6) is 0 Å². The number of hydrogen-bond acceptors (Lipinski definition) is 4. The maximum atomic E-state index is 13.2. The van der Waals surface area contributed by atoms with Gasteiger partial charge in [0.25, 0.3) is 0 Å². The van der Waals surface area contributed by atoms with E-state index >= 15 is 0 Å². The summed E-state index contributed by atoms with van der Waals surface area (Å²) in [5.41, 5.74) is 0.713. The van der Waals surface area contributed by atoms with Crippen LogP contribution in [0.1, 0.15) is 5.56 Å².